The second kappa shape index (κ2) is 14.0. The van der Waals surface area contributed by atoms with Gasteiger partial charge < -0.3 is 20.1 Å². The van der Waals surface area contributed by atoms with Crippen LogP contribution in [0.5, 0.6) is 11.8 Å². The second-order valence-corrected chi connectivity index (χ2v) is 22.6. The molecule has 12 heteroatoms. The average molecular weight is 757 g/mol. The van der Waals surface area contributed by atoms with Gasteiger partial charge in [-0.2, -0.15) is 9.97 Å². The molecule has 286 valence electrons. The van der Waals surface area contributed by atoms with Crippen LogP contribution >= 0.6 is 0 Å². The molecule has 8 rings (SSSR count). The van der Waals surface area contributed by atoms with E-state index in [-0.39, 0.29) is 52.8 Å². The standard InChI is InChI=1S/C42H51F3N6O2Si/c1-24(2)54(25(3)4,26(5)6)15-12-32-35(44)11-8-27-16-31(52)17-33(36(27)32)38-37(45)39-34(21-47-38)40(51-29-9-10-30(51)20-46-19-29)49-41(48-39)53-23-42-13-7-14-50(42)22-28(43)18-42/h8,11,16-17,21,24-26,28-30,46,52H,7,9-10,13-14,18-20,22-23H2,1-6H3/t28-,29?,30?,42+/m1/s1. The Bertz CT molecular complexity index is 2130. The number of hydrogen-bond donors (Lipinski definition) is 2. The first-order valence-electron chi connectivity index (χ1n) is 19.7. The molecule has 4 aliphatic heterocycles. The van der Waals surface area contributed by atoms with Gasteiger partial charge in [0.15, 0.2) is 5.82 Å². The van der Waals surface area contributed by atoms with E-state index >= 15 is 8.78 Å². The van der Waals surface area contributed by atoms with Crippen LogP contribution in [0.25, 0.3) is 32.9 Å². The van der Waals surface area contributed by atoms with Crippen LogP contribution in [-0.2, 0) is 0 Å². The predicted octanol–water partition coefficient (Wildman–Crippen LogP) is 8.29. The normalized spacial score (nSPS) is 24.3. The van der Waals surface area contributed by atoms with E-state index < -0.39 is 31.4 Å². The van der Waals surface area contributed by atoms with E-state index in [9.17, 15) is 9.50 Å². The summed E-state index contributed by atoms with van der Waals surface area (Å²) in [6, 6.07) is 6.28. The lowest BCUT2D eigenvalue weighted by molar-refractivity contribution is 0.107. The number of piperazine rings is 1. The molecule has 4 saturated heterocycles. The monoisotopic (exact) mass is 756 g/mol. The largest absolute Gasteiger partial charge is 0.508 e. The Morgan fingerprint density at radius 3 is 2.46 bits per heavy atom. The van der Waals surface area contributed by atoms with Gasteiger partial charge >= 0.3 is 6.01 Å². The molecule has 2 N–H and O–H groups in total. The molecule has 4 fully saturated rings. The first-order chi connectivity index (χ1) is 25.8. The van der Waals surface area contributed by atoms with Crippen LogP contribution in [0.15, 0.2) is 30.5 Å². The molecular weight excluding hydrogens is 706 g/mol. The highest BCUT2D eigenvalue weighted by Crippen LogP contribution is 2.44. The highest BCUT2D eigenvalue weighted by molar-refractivity contribution is 6.90. The Morgan fingerprint density at radius 1 is 1.04 bits per heavy atom. The number of hydrogen-bond acceptors (Lipinski definition) is 8. The van der Waals surface area contributed by atoms with E-state index in [0.717, 1.165) is 45.3 Å². The number of pyridine rings is 1. The van der Waals surface area contributed by atoms with Crippen molar-refractivity contribution in [3.05, 3.63) is 47.7 Å². The average Bonchev–Trinajstić information content (AvgIpc) is 3.73. The van der Waals surface area contributed by atoms with Gasteiger partial charge in [-0.25, -0.2) is 13.2 Å². The van der Waals surface area contributed by atoms with Crippen molar-refractivity contribution in [2.45, 2.75) is 114 Å². The number of ether oxygens (including phenoxy) is 1. The van der Waals surface area contributed by atoms with Gasteiger partial charge in [-0.05, 0) is 72.4 Å². The molecule has 54 heavy (non-hydrogen) atoms. The van der Waals surface area contributed by atoms with E-state index in [0.29, 0.717) is 51.6 Å². The van der Waals surface area contributed by atoms with Crippen LogP contribution in [-0.4, -0.2) is 89.6 Å². The molecule has 0 saturated carbocycles. The third-order valence-corrected chi connectivity index (χ3v) is 19.4. The Balaban J connectivity index is 1.30. The fraction of sp³-hybridized carbons (Fsp3) is 0.548. The number of nitrogens with one attached hydrogen (secondary N) is 1. The number of anilines is 1. The van der Waals surface area contributed by atoms with E-state index in [4.69, 9.17) is 9.72 Å². The van der Waals surface area contributed by atoms with Crippen LogP contribution in [0.4, 0.5) is 19.0 Å². The number of halogens is 3. The molecule has 0 amide bonds. The Labute approximate surface area is 316 Å². The maximum Gasteiger partial charge on any atom is 0.319 e. The lowest BCUT2D eigenvalue weighted by Gasteiger charge is -2.38. The quantitative estimate of drug-likeness (QED) is 0.137. The van der Waals surface area contributed by atoms with Crippen LogP contribution in [0.3, 0.4) is 0 Å². The lowest BCUT2D eigenvalue weighted by atomic mass is 9.95. The third kappa shape index (κ3) is 6.02. The summed E-state index contributed by atoms with van der Waals surface area (Å²) in [7, 11) is -2.27. The summed E-state index contributed by atoms with van der Waals surface area (Å²) in [6.07, 6.45) is 4.80. The van der Waals surface area contributed by atoms with Gasteiger partial charge in [0.25, 0.3) is 0 Å². The number of fused-ring (bicyclic) bond motifs is 5. The molecule has 2 aromatic carbocycles. The van der Waals surface area contributed by atoms with Gasteiger partial charge in [-0.15, -0.1) is 5.54 Å². The number of aromatic nitrogens is 3. The molecule has 4 aromatic rings. The van der Waals surface area contributed by atoms with Crippen LogP contribution in [0, 0.1) is 23.1 Å². The van der Waals surface area contributed by atoms with Crippen molar-refractivity contribution in [3.8, 4) is 34.5 Å². The van der Waals surface area contributed by atoms with Gasteiger partial charge in [0.1, 0.15) is 49.4 Å². The number of phenols is 1. The zero-order valence-electron chi connectivity index (χ0n) is 32.1. The summed E-state index contributed by atoms with van der Waals surface area (Å²) in [5.41, 5.74) is 4.52. The summed E-state index contributed by atoms with van der Waals surface area (Å²) >= 11 is 0. The second-order valence-electron chi connectivity index (χ2n) is 17.0. The fourth-order valence-corrected chi connectivity index (χ4v) is 15.8. The van der Waals surface area contributed by atoms with Gasteiger partial charge in [-0.3, -0.25) is 9.88 Å². The van der Waals surface area contributed by atoms with Crippen molar-refractivity contribution in [2.24, 2.45) is 0 Å². The molecule has 4 atom stereocenters. The van der Waals surface area contributed by atoms with Crippen LogP contribution in [0.2, 0.25) is 16.6 Å². The minimum Gasteiger partial charge on any atom is -0.508 e. The SMILES string of the molecule is CC(C)[Si](C#Cc1c(F)ccc2cc(O)cc(-c3ncc4c(N5C6CCC5CNC6)nc(OC[C@@]56CCCN5C[C@H](F)C6)nc4c3F)c12)(C(C)C)C(C)C. The first-order valence-corrected chi connectivity index (χ1v) is 21.9. The van der Waals surface area contributed by atoms with Crippen molar-refractivity contribution in [3.63, 3.8) is 0 Å². The number of alkyl halides is 1. The maximum atomic E-state index is 17.4. The van der Waals surface area contributed by atoms with E-state index in [1.54, 1.807) is 18.3 Å². The number of benzene rings is 2. The topological polar surface area (TPSA) is 86.6 Å². The summed E-state index contributed by atoms with van der Waals surface area (Å²) in [5, 5.41) is 15.8. The summed E-state index contributed by atoms with van der Waals surface area (Å²) < 4.78 is 54.4. The molecular formula is C42H51F3N6O2Si. The number of aromatic hydroxyl groups is 1. The summed E-state index contributed by atoms with van der Waals surface area (Å²) in [5.74, 6) is 2.51. The van der Waals surface area contributed by atoms with Gasteiger partial charge in [0, 0.05) is 55.3 Å². The highest BCUT2D eigenvalue weighted by Gasteiger charge is 2.49. The van der Waals surface area contributed by atoms with Crippen LogP contribution in [0.1, 0.15) is 79.2 Å². The number of nitrogens with zero attached hydrogens (tertiary/aromatic N) is 5. The van der Waals surface area contributed by atoms with Crippen molar-refractivity contribution in [2.75, 3.05) is 37.7 Å². The predicted molar refractivity (Wildman–Crippen MR) is 210 cm³/mol. The zero-order chi connectivity index (χ0) is 38.1. The van der Waals surface area contributed by atoms with Gasteiger partial charge in [0.05, 0.1) is 16.5 Å². The summed E-state index contributed by atoms with van der Waals surface area (Å²) in [4.78, 5) is 18.7. The number of phenolic OH excluding ortho intramolecular Hbond substituents is 1. The van der Waals surface area contributed by atoms with E-state index in [2.05, 4.69) is 78.1 Å². The first kappa shape index (κ1) is 37.0. The molecule has 0 aliphatic carbocycles. The minimum atomic E-state index is -2.27. The minimum absolute atomic E-state index is 0.0277. The fourth-order valence-electron chi connectivity index (χ4n) is 10.6. The Hall–Kier alpha value is -3.92. The zero-order valence-corrected chi connectivity index (χ0v) is 33.1. The summed E-state index contributed by atoms with van der Waals surface area (Å²) in [6.45, 7) is 16.2. The molecule has 6 heterocycles. The third-order valence-electron chi connectivity index (χ3n) is 13.1. The number of rotatable bonds is 8. The lowest BCUT2D eigenvalue weighted by Crippen LogP contribution is -2.52. The molecule has 0 spiro atoms. The van der Waals surface area contributed by atoms with E-state index in [1.165, 1.54) is 12.1 Å². The Morgan fingerprint density at radius 2 is 1.76 bits per heavy atom. The van der Waals surface area contributed by atoms with Crippen molar-refractivity contribution in [1.29, 1.82) is 0 Å². The molecule has 4 aliphatic rings. The van der Waals surface area contributed by atoms with Crippen molar-refractivity contribution >= 4 is 35.6 Å². The molecule has 2 bridgehead atoms. The molecule has 2 unspecified atom stereocenters. The van der Waals surface area contributed by atoms with Crippen LogP contribution < -0.4 is 15.0 Å². The van der Waals surface area contributed by atoms with Crippen molar-refractivity contribution < 1.29 is 23.0 Å². The maximum absolute atomic E-state index is 17.4. The highest BCUT2D eigenvalue weighted by atomic mass is 28.3. The molecule has 2 aromatic heterocycles. The van der Waals surface area contributed by atoms with Crippen molar-refractivity contribution in [1.82, 2.24) is 25.2 Å². The van der Waals surface area contributed by atoms with Gasteiger partial charge in [0.2, 0.25) is 0 Å². The van der Waals surface area contributed by atoms with Gasteiger partial charge in [-0.1, -0.05) is 53.5 Å². The van der Waals surface area contributed by atoms with E-state index in [1.807, 2.05) is 0 Å². The molecule has 0 radical (unpaired) electrons. The Kier molecular flexibility index (Phi) is 9.59. The molecule has 8 nitrogen and oxygen atoms in total. The smallest absolute Gasteiger partial charge is 0.319 e.